The number of rotatable bonds is 1. The lowest BCUT2D eigenvalue weighted by atomic mass is 9.82. The summed E-state index contributed by atoms with van der Waals surface area (Å²) in [7, 11) is 0. The van der Waals surface area contributed by atoms with Gasteiger partial charge in [-0.3, -0.25) is 0 Å². The topological polar surface area (TPSA) is 42.7 Å². The molecule has 4 heteroatoms. The predicted molar refractivity (Wildman–Crippen MR) is 57.8 cm³/mol. The van der Waals surface area contributed by atoms with E-state index in [0.717, 1.165) is 26.1 Å². The largest absolute Gasteiger partial charge is 0.316 e. The molecular weight excluding hydrogens is 188 g/mol. The molecule has 15 heavy (non-hydrogen) atoms. The van der Waals surface area contributed by atoms with E-state index in [2.05, 4.69) is 27.0 Å². The molecule has 0 spiro atoms. The summed E-state index contributed by atoms with van der Waals surface area (Å²) in [6.45, 7) is 5.63. The van der Waals surface area contributed by atoms with Gasteiger partial charge in [0.2, 0.25) is 0 Å². The fraction of sp³-hybridized carbons (Fsp3) is 0.818. The zero-order chi connectivity index (χ0) is 10.3. The molecule has 1 saturated heterocycles. The summed E-state index contributed by atoms with van der Waals surface area (Å²) in [6.07, 6.45) is 4.83. The first-order valence-electron chi connectivity index (χ1n) is 5.93. The van der Waals surface area contributed by atoms with Gasteiger partial charge in [-0.25, -0.2) is 0 Å². The highest BCUT2D eigenvalue weighted by atomic mass is 15.3. The van der Waals surface area contributed by atoms with E-state index in [1.54, 1.807) is 0 Å². The van der Waals surface area contributed by atoms with Crippen molar-refractivity contribution in [1.29, 1.82) is 0 Å². The Morgan fingerprint density at radius 1 is 1.33 bits per heavy atom. The average molecular weight is 206 g/mol. The Morgan fingerprint density at radius 3 is 3.07 bits per heavy atom. The van der Waals surface area contributed by atoms with Crippen molar-refractivity contribution in [3.8, 4) is 0 Å². The summed E-state index contributed by atoms with van der Waals surface area (Å²) in [4.78, 5) is 0. The summed E-state index contributed by atoms with van der Waals surface area (Å²) in [5.74, 6) is 2.40. The Bertz CT molecular complexity index is 363. The molecular formula is C11H18N4. The molecule has 1 atom stereocenters. The zero-order valence-electron chi connectivity index (χ0n) is 9.29. The van der Waals surface area contributed by atoms with E-state index >= 15 is 0 Å². The van der Waals surface area contributed by atoms with Crippen molar-refractivity contribution < 1.29 is 0 Å². The molecule has 3 heterocycles. The Balaban J connectivity index is 1.97. The maximum atomic E-state index is 4.41. The third kappa shape index (κ3) is 1.39. The molecule has 82 valence electrons. The SMILES string of the molecule is CC1(c2nnc3n2CCC3)CCCNC1. The highest BCUT2D eigenvalue weighted by molar-refractivity contribution is 5.13. The second kappa shape index (κ2) is 3.30. The Labute approximate surface area is 90.1 Å². The number of aromatic nitrogens is 3. The molecule has 0 aliphatic carbocycles. The van der Waals surface area contributed by atoms with Crippen LogP contribution in [0.15, 0.2) is 0 Å². The van der Waals surface area contributed by atoms with Crippen molar-refractivity contribution in [2.45, 2.75) is 44.6 Å². The molecule has 1 unspecified atom stereocenters. The van der Waals surface area contributed by atoms with Crippen LogP contribution in [-0.2, 0) is 18.4 Å². The van der Waals surface area contributed by atoms with Crippen LogP contribution in [0.1, 0.15) is 37.8 Å². The summed E-state index contributed by atoms with van der Waals surface area (Å²) in [5.41, 5.74) is 0.202. The molecule has 0 amide bonds. The predicted octanol–water partition coefficient (Wildman–Crippen LogP) is 0.865. The molecule has 4 nitrogen and oxygen atoms in total. The Hall–Kier alpha value is -0.900. The summed E-state index contributed by atoms with van der Waals surface area (Å²) in [6, 6.07) is 0. The standard InChI is InChI=1S/C11H18N4/c1-11(5-3-6-12-8-11)10-14-13-9-4-2-7-15(9)10/h12H,2-8H2,1H3. The van der Waals surface area contributed by atoms with E-state index in [-0.39, 0.29) is 5.41 Å². The van der Waals surface area contributed by atoms with Crippen molar-refractivity contribution in [2.24, 2.45) is 0 Å². The Kier molecular flexibility index (Phi) is 2.06. The molecule has 0 bridgehead atoms. The Morgan fingerprint density at radius 2 is 2.27 bits per heavy atom. The van der Waals surface area contributed by atoms with Crippen LogP contribution in [0.3, 0.4) is 0 Å². The molecule has 2 aliphatic rings. The van der Waals surface area contributed by atoms with Gasteiger partial charge in [0.05, 0.1) is 0 Å². The van der Waals surface area contributed by atoms with Crippen LogP contribution in [0.4, 0.5) is 0 Å². The third-order valence-electron chi connectivity index (χ3n) is 3.75. The van der Waals surface area contributed by atoms with Crippen molar-refractivity contribution in [3.05, 3.63) is 11.6 Å². The van der Waals surface area contributed by atoms with Gasteiger partial charge in [-0.1, -0.05) is 6.92 Å². The summed E-state index contributed by atoms with van der Waals surface area (Å²) < 4.78 is 2.34. The van der Waals surface area contributed by atoms with Gasteiger partial charge in [-0.05, 0) is 25.8 Å². The fourth-order valence-corrected chi connectivity index (χ4v) is 2.84. The number of nitrogens with one attached hydrogen (secondary N) is 1. The second-order valence-electron chi connectivity index (χ2n) is 5.04. The van der Waals surface area contributed by atoms with Crippen LogP contribution in [-0.4, -0.2) is 27.9 Å². The molecule has 0 radical (unpaired) electrons. The number of hydrogen-bond donors (Lipinski definition) is 1. The zero-order valence-corrected chi connectivity index (χ0v) is 9.29. The molecule has 2 aliphatic heterocycles. The average Bonchev–Trinajstić information content (AvgIpc) is 2.78. The number of nitrogens with zero attached hydrogens (tertiary/aromatic N) is 3. The molecule has 1 N–H and O–H groups in total. The van der Waals surface area contributed by atoms with Crippen molar-refractivity contribution in [3.63, 3.8) is 0 Å². The van der Waals surface area contributed by atoms with Crippen molar-refractivity contribution >= 4 is 0 Å². The van der Waals surface area contributed by atoms with Crippen molar-refractivity contribution in [1.82, 2.24) is 20.1 Å². The van der Waals surface area contributed by atoms with E-state index < -0.39 is 0 Å². The van der Waals surface area contributed by atoms with E-state index in [1.807, 2.05) is 0 Å². The first-order valence-corrected chi connectivity index (χ1v) is 5.93. The molecule has 1 aromatic rings. The van der Waals surface area contributed by atoms with E-state index in [1.165, 1.54) is 30.9 Å². The summed E-state index contributed by atoms with van der Waals surface area (Å²) in [5, 5.41) is 12.2. The first kappa shape index (κ1) is 9.33. The van der Waals surface area contributed by atoms with Gasteiger partial charge in [0.1, 0.15) is 11.6 Å². The van der Waals surface area contributed by atoms with Crippen LogP contribution >= 0.6 is 0 Å². The first-order chi connectivity index (χ1) is 7.30. The van der Waals surface area contributed by atoms with E-state index in [9.17, 15) is 0 Å². The van der Waals surface area contributed by atoms with Crippen LogP contribution in [0.5, 0.6) is 0 Å². The molecule has 1 aromatic heterocycles. The highest BCUT2D eigenvalue weighted by Gasteiger charge is 2.35. The minimum atomic E-state index is 0.202. The lowest BCUT2D eigenvalue weighted by Gasteiger charge is -2.33. The van der Waals surface area contributed by atoms with E-state index in [0.29, 0.717) is 0 Å². The van der Waals surface area contributed by atoms with Crippen LogP contribution in [0, 0.1) is 0 Å². The lowest BCUT2D eigenvalue weighted by Crippen LogP contribution is -2.42. The maximum absolute atomic E-state index is 4.41. The fourth-order valence-electron chi connectivity index (χ4n) is 2.84. The second-order valence-corrected chi connectivity index (χ2v) is 5.04. The van der Waals surface area contributed by atoms with Gasteiger partial charge in [0.15, 0.2) is 0 Å². The van der Waals surface area contributed by atoms with Gasteiger partial charge in [0, 0.05) is 24.9 Å². The lowest BCUT2D eigenvalue weighted by molar-refractivity contribution is 0.313. The molecule has 1 fully saturated rings. The number of fused-ring (bicyclic) bond motifs is 1. The molecule has 3 rings (SSSR count). The number of aryl methyl sites for hydroxylation is 1. The van der Waals surface area contributed by atoms with E-state index in [4.69, 9.17) is 0 Å². The summed E-state index contributed by atoms with van der Waals surface area (Å²) >= 11 is 0. The van der Waals surface area contributed by atoms with Gasteiger partial charge in [0.25, 0.3) is 0 Å². The van der Waals surface area contributed by atoms with Crippen LogP contribution in [0.25, 0.3) is 0 Å². The minimum Gasteiger partial charge on any atom is -0.316 e. The van der Waals surface area contributed by atoms with Gasteiger partial charge < -0.3 is 9.88 Å². The van der Waals surface area contributed by atoms with Crippen molar-refractivity contribution in [2.75, 3.05) is 13.1 Å². The van der Waals surface area contributed by atoms with Crippen LogP contribution < -0.4 is 5.32 Å². The molecule has 0 saturated carbocycles. The normalized spacial score (nSPS) is 30.5. The van der Waals surface area contributed by atoms with Gasteiger partial charge in [-0.15, -0.1) is 10.2 Å². The number of hydrogen-bond acceptors (Lipinski definition) is 3. The highest BCUT2D eigenvalue weighted by Crippen LogP contribution is 2.31. The minimum absolute atomic E-state index is 0.202. The number of piperidine rings is 1. The molecule has 0 aromatic carbocycles. The maximum Gasteiger partial charge on any atom is 0.140 e. The van der Waals surface area contributed by atoms with Gasteiger partial charge in [-0.2, -0.15) is 0 Å². The smallest absolute Gasteiger partial charge is 0.140 e. The van der Waals surface area contributed by atoms with Gasteiger partial charge >= 0.3 is 0 Å². The third-order valence-corrected chi connectivity index (χ3v) is 3.75. The van der Waals surface area contributed by atoms with Crippen LogP contribution in [0.2, 0.25) is 0 Å². The quantitative estimate of drug-likeness (QED) is 0.741. The monoisotopic (exact) mass is 206 g/mol.